The maximum atomic E-state index is 12.8. The van der Waals surface area contributed by atoms with E-state index < -0.39 is 22.6 Å². The summed E-state index contributed by atoms with van der Waals surface area (Å²) in [6, 6.07) is 8.69. The lowest BCUT2D eigenvalue weighted by Gasteiger charge is -2.03. The number of nitro groups is 1. The van der Waals surface area contributed by atoms with Crippen LogP contribution in [0, 0.1) is 15.9 Å². The molecule has 0 radical (unpaired) electrons. The van der Waals surface area contributed by atoms with Gasteiger partial charge in [0.25, 0.3) is 5.69 Å². The van der Waals surface area contributed by atoms with Crippen molar-refractivity contribution in [1.29, 1.82) is 0 Å². The molecule has 128 valence electrons. The third kappa shape index (κ3) is 5.08. The van der Waals surface area contributed by atoms with Crippen LogP contribution in [0.4, 0.5) is 15.8 Å². The van der Waals surface area contributed by atoms with Crippen LogP contribution in [0.3, 0.4) is 0 Å². The monoisotopic (exact) mass is 364 g/mol. The minimum Gasteiger partial charge on any atom is -0.318 e. The van der Waals surface area contributed by atoms with Crippen LogP contribution in [-0.4, -0.2) is 23.0 Å². The van der Waals surface area contributed by atoms with Gasteiger partial charge < -0.3 is 5.32 Å². The van der Waals surface area contributed by atoms with Crippen molar-refractivity contribution in [1.82, 2.24) is 5.43 Å². The van der Waals surface area contributed by atoms with Gasteiger partial charge in [0.2, 0.25) is 0 Å². The molecule has 0 spiro atoms. The van der Waals surface area contributed by atoms with E-state index in [1.165, 1.54) is 36.5 Å². The number of nitrogens with zero attached hydrogens (tertiary/aromatic N) is 2. The summed E-state index contributed by atoms with van der Waals surface area (Å²) in [5.74, 6) is -2.52. The van der Waals surface area contributed by atoms with Crippen molar-refractivity contribution >= 4 is 41.0 Å². The molecule has 2 N–H and O–H groups in total. The molecular weight excluding hydrogens is 355 g/mol. The Kier molecular flexibility index (Phi) is 5.75. The minimum atomic E-state index is -1.05. The van der Waals surface area contributed by atoms with Crippen molar-refractivity contribution in [2.24, 2.45) is 5.10 Å². The molecule has 0 atom stereocenters. The molecule has 0 bridgehead atoms. The summed E-state index contributed by atoms with van der Waals surface area (Å²) in [6.45, 7) is 0. The quantitative estimate of drug-likeness (QED) is 0.375. The third-order valence-corrected chi connectivity index (χ3v) is 3.16. The van der Waals surface area contributed by atoms with E-state index >= 15 is 0 Å². The lowest BCUT2D eigenvalue weighted by molar-refractivity contribution is -0.384. The molecule has 0 fully saturated rings. The van der Waals surface area contributed by atoms with Crippen molar-refractivity contribution in [2.75, 3.05) is 5.32 Å². The molecule has 0 aliphatic heterocycles. The number of hydrogen-bond acceptors (Lipinski definition) is 5. The zero-order valence-corrected chi connectivity index (χ0v) is 13.2. The number of rotatable bonds is 4. The average Bonchev–Trinajstić information content (AvgIpc) is 2.56. The first-order valence-corrected chi connectivity index (χ1v) is 7.08. The van der Waals surface area contributed by atoms with Crippen molar-refractivity contribution < 1.29 is 18.9 Å². The highest BCUT2D eigenvalue weighted by molar-refractivity contribution is 6.39. The molecule has 2 rings (SSSR count). The van der Waals surface area contributed by atoms with Gasteiger partial charge in [-0.15, -0.1) is 0 Å². The van der Waals surface area contributed by atoms with Crippen LogP contribution >= 0.6 is 11.6 Å². The highest BCUT2D eigenvalue weighted by atomic mass is 35.5. The zero-order valence-electron chi connectivity index (χ0n) is 12.4. The fourth-order valence-electron chi connectivity index (χ4n) is 1.69. The van der Waals surface area contributed by atoms with E-state index in [1.807, 2.05) is 5.43 Å². The first kappa shape index (κ1) is 18.0. The van der Waals surface area contributed by atoms with Crippen LogP contribution in [-0.2, 0) is 9.59 Å². The summed E-state index contributed by atoms with van der Waals surface area (Å²) in [5.41, 5.74) is 2.35. The molecule has 0 aliphatic rings. The number of amides is 2. The van der Waals surface area contributed by atoms with Gasteiger partial charge in [0, 0.05) is 11.8 Å². The fraction of sp³-hybridized carbons (Fsp3) is 0. The number of anilines is 1. The van der Waals surface area contributed by atoms with E-state index in [0.717, 1.165) is 12.1 Å². The summed E-state index contributed by atoms with van der Waals surface area (Å²) in [7, 11) is 0. The van der Waals surface area contributed by atoms with Gasteiger partial charge in [-0.25, -0.2) is 9.82 Å². The minimum absolute atomic E-state index is 0.0886. The molecular formula is C15H10ClFN4O4. The maximum absolute atomic E-state index is 12.8. The van der Waals surface area contributed by atoms with Crippen LogP contribution in [0.5, 0.6) is 0 Å². The van der Waals surface area contributed by atoms with Crippen molar-refractivity contribution in [3.05, 3.63) is 69.0 Å². The highest BCUT2D eigenvalue weighted by Gasteiger charge is 2.13. The molecule has 0 heterocycles. The molecule has 25 heavy (non-hydrogen) atoms. The smallest absolute Gasteiger partial charge is 0.318 e. The Morgan fingerprint density at radius 2 is 1.84 bits per heavy atom. The van der Waals surface area contributed by atoms with Crippen molar-refractivity contribution in [3.63, 3.8) is 0 Å². The molecule has 0 saturated heterocycles. The Morgan fingerprint density at radius 1 is 1.16 bits per heavy atom. The fourth-order valence-corrected chi connectivity index (χ4v) is 1.95. The molecule has 10 heteroatoms. The molecule has 2 amide bonds. The number of benzene rings is 2. The lowest BCUT2D eigenvalue weighted by Crippen LogP contribution is -2.32. The Hall–Kier alpha value is -3.33. The van der Waals surface area contributed by atoms with Crippen LogP contribution in [0.2, 0.25) is 5.02 Å². The van der Waals surface area contributed by atoms with Gasteiger partial charge in [-0.05, 0) is 42.0 Å². The SMILES string of the molecule is O=C(N/N=C\c1ccc([N+](=O)[O-])c(Cl)c1)C(=O)Nc1ccc(F)cc1. The molecule has 0 saturated carbocycles. The topological polar surface area (TPSA) is 114 Å². The van der Waals surface area contributed by atoms with Gasteiger partial charge >= 0.3 is 11.8 Å². The van der Waals surface area contributed by atoms with Gasteiger partial charge in [-0.1, -0.05) is 11.6 Å². The predicted octanol–water partition coefficient (Wildman–Crippen LogP) is 2.48. The predicted molar refractivity (Wildman–Crippen MR) is 88.9 cm³/mol. The van der Waals surface area contributed by atoms with Gasteiger partial charge in [-0.2, -0.15) is 5.10 Å². The number of carbonyl (C=O) groups is 2. The molecule has 2 aromatic carbocycles. The standard InChI is InChI=1S/C15H10ClFN4O4/c16-12-7-9(1-6-13(12)21(24)25)8-18-20-15(23)14(22)19-11-4-2-10(17)3-5-11/h1-8H,(H,19,22)(H,20,23)/b18-8-. The van der Waals surface area contributed by atoms with Crippen LogP contribution in [0.15, 0.2) is 47.6 Å². The van der Waals surface area contributed by atoms with Gasteiger partial charge in [0.1, 0.15) is 10.8 Å². The molecule has 0 aliphatic carbocycles. The largest absolute Gasteiger partial charge is 0.329 e. The zero-order chi connectivity index (χ0) is 18.4. The summed E-state index contributed by atoms with van der Waals surface area (Å²) in [4.78, 5) is 33.2. The van der Waals surface area contributed by atoms with E-state index in [4.69, 9.17) is 11.6 Å². The average molecular weight is 365 g/mol. The first-order chi connectivity index (χ1) is 11.9. The molecule has 2 aromatic rings. The number of carbonyl (C=O) groups excluding carboxylic acids is 2. The van der Waals surface area contributed by atoms with Crippen molar-refractivity contribution in [3.8, 4) is 0 Å². The molecule has 0 unspecified atom stereocenters. The van der Waals surface area contributed by atoms with E-state index in [9.17, 15) is 24.1 Å². The summed E-state index contributed by atoms with van der Waals surface area (Å²) in [6.07, 6.45) is 1.17. The highest BCUT2D eigenvalue weighted by Crippen LogP contribution is 2.24. The second kappa shape index (κ2) is 7.97. The lowest BCUT2D eigenvalue weighted by atomic mass is 10.2. The van der Waals surface area contributed by atoms with Crippen LogP contribution in [0.1, 0.15) is 5.56 Å². The Labute approximate surface area is 145 Å². The second-order valence-corrected chi connectivity index (χ2v) is 5.04. The summed E-state index contributed by atoms with van der Waals surface area (Å²) < 4.78 is 12.8. The van der Waals surface area contributed by atoms with Crippen molar-refractivity contribution in [2.45, 2.75) is 0 Å². The maximum Gasteiger partial charge on any atom is 0.329 e. The van der Waals surface area contributed by atoms with Gasteiger partial charge in [-0.3, -0.25) is 19.7 Å². The van der Waals surface area contributed by atoms with Gasteiger partial charge in [0.15, 0.2) is 0 Å². The number of nitro benzene ring substituents is 1. The number of hydrogen-bond donors (Lipinski definition) is 2. The Bertz CT molecular complexity index is 855. The number of halogens is 2. The first-order valence-electron chi connectivity index (χ1n) is 6.70. The number of hydrazone groups is 1. The van der Waals surface area contributed by atoms with E-state index in [1.54, 1.807) is 0 Å². The third-order valence-electron chi connectivity index (χ3n) is 2.86. The van der Waals surface area contributed by atoms with E-state index in [2.05, 4.69) is 10.4 Å². The van der Waals surface area contributed by atoms with E-state index in [0.29, 0.717) is 5.56 Å². The molecule has 0 aromatic heterocycles. The second-order valence-electron chi connectivity index (χ2n) is 4.63. The van der Waals surface area contributed by atoms with Crippen LogP contribution in [0.25, 0.3) is 0 Å². The normalized spacial score (nSPS) is 10.5. The Balaban J connectivity index is 1.93. The van der Waals surface area contributed by atoms with Crippen LogP contribution < -0.4 is 10.7 Å². The summed E-state index contributed by atoms with van der Waals surface area (Å²) in [5, 5.41) is 16.4. The number of nitrogens with one attached hydrogen (secondary N) is 2. The van der Waals surface area contributed by atoms with E-state index in [-0.39, 0.29) is 16.4 Å². The molecule has 8 nitrogen and oxygen atoms in total. The Morgan fingerprint density at radius 3 is 2.44 bits per heavy atom. The summed E-state index contributed by atoms with van der Waals surface area (Å²) >= 11 is 5.74. The van der Waals surface area contributed by atoms with Gasteiger partial charge in [0.05, 0.1) is 11.1 Å².